The Labute approximate surface area is 180 Å². The third kappa shape index (κ3) is 2.12. The smallest absolute Gasteiger partial charge is 0.271 e. The fraction of sp³-hybridized carbons (Fsp3) is 0.148. The van der Waals surface area contributed by atoms with Crippen LogP contribution < -0.4 is 4.57 Å². The molecule has 3 aliphatic rings. The Kier molecular flexibility index (Phi) is 3.34. The predicted molar refractivity (Wildman–Crippen MR) is 115 cm³/mol. The van der Waals surface area contributed by atoms with Crippen LogP contribution in [0.1, 0.15) is 46.5 Å². The molecule has 5 aromatic rings. The van der Waals surface area contributed by atoms with Crippen LogP contribution in [0, 0.1) is 0 Å². The minimum Gasteiger partial charge on any atom is -0.472 e. The lowest BCUT2D eigenvalue weighted by Crippen LogP contribution is -2.59. The number of hydrogen-bond acceptors (Lipinski definition) is 2. The van der Waals surface area contributed by atoms with Crippen LogP contribution in [0.25, 0.3) is 5.69 Å². The molecule has 0 radical (unpaired) electrons. The summed E-state index contributed by atoms with van der Waals surface area (Å²) in [5, 5.41) is 0. The molecule has 5 heterocycles. The summed E-state index contributed by atoms with van der Waals surface area (Å²) in [6.07, 6.45) is 12.8. The SMILES string of the molecule is c1ccc(-n2cc[n+]3c2C2c4ccccc4C3CC2(c2ccoc2)c2ccoc2)cc1. The van der Waals surface area contributed by atoms with Crippen molar-refractivity contribution in [2.75, 3.05) is 0 Å². The minimum atomic E-state index is -0.260. The molecule has 2 unspecified atom stereocenters. The average molecular weight is 405 g/mol. The van der Waals surface area contributed by atoms with Gasteiger partial charge in [-0.05, 0) is 29.8 Å². The molecule has 2 aromatic carbocycles. The van der Waals surface area contributed by atoms with E-state index in [1.54, 1.807) is 12.5 Å². The monoisotopic (exact) mass is 405 g/mol. The van der Waals surface area contributed by atoms with Gasteiger partial charge in [-0.25, -0.2) is 4.57 Å². The Morgan fingerprint density at radius 1 is 0.806 bits per heavy atom. The number of rotatable bonds is 3. The second-order valence-electron chi connectivity index (χ2n) is 8.55. The van der Waals surface area contributed by atoms with Crippen LogP contribution in [0.3, 0.4) is 0 Å². The maximum atomic E-state index is 5.63. The summed E-state index contributed by atoms with van der Waals surface area (Å²) in [6, 6.07) is 24.0. The van der Waals surface area contributed by atoms with Crippen LogP contribution in [0.5, 0.6) is 0 Å². The maximum absolute atomic E-state index is 5.63. The van der Waals surface area contributed by atoms with Crippen LogP contribution >= 0.6 is 0 Å². The number of aromatic nitrogens is 2. The number of fused-ring (bicyclic) bond motifs is 1. The molecule has 2 atom stereocenters. The summed E-state index contributed by atoms with van der Waals surface area (Å²) in [5.74, 6) is 1.42. The van der Waals surface area contributed by atoms with E-state index in [0.29, 0.717) is 0 Å². The molecule has 8 rings (SSSR count). The molecule has 0 amide bonds. The van der Waals surface area contributed by atoms with Crippen molar-refractivity contribution < 1.29 is 13.4 Å². The zero-order chi connectivity index (χ0) is 20.4. The van der Waals surface area contributed by atoms with Crippen molar-refractivity contribution in [1.29, 1.82) is 0 Å². The van der Waals surface area contributed by atoms with Crippen molar-refractivity contribution in [3.8, 4) is 5.69 Å². The molecule has 3 aromatic heterocycles. The number of imidazole rings is 1. The average Bonchev–Trinajstić information content (AvgIpc) is 3.61. The summed E-state index contributed by atoms with van der Waals surface area (Å²) in [5.41, 5.74) is 6.12. The van der Waals surface area contributed by atoms with Crippen molar-refractivity contribution in [2.24, 2.45) is 0 Å². The maximum Gasteiger partial charge on any atom is 0.271 e. The highest BCUT2D eigenvalue weighted by atomic mass is 16.3. The van der Waals surface area contributed by atoms with E-state index < -0.39 is 0 Å². The second kappa shape index (κ2) is 6.11. The summed E-state index contributed by atoms with van der Waals surface area (Å²) in [4.78, 5) is 0. The lowest BCUT2D eigenvalue weighted by molar-refractivity contribution is -0.732. The predicted octanol–water partition coefficient (Wildman–Crippen LogP) is 5.38. The first-order valence-electron chi connectivity index (χ1n) is 10.7. The summed E-state index contributed by atoms with van der Waals surface area (Å²) < 4.78 is 16.1. The van der Waals surface area contributed by atoms with E-state index >= 15 is 0 Å². The third-order valence-corrected chi connectivity index (χ3v) is 7.26. The number of benzene rings is 2. The lowest BCUT2D eigenvalue weighted by atomic mass is 9.55. The normalized spacial score (nSPS) is 20.4. The Bertz CT molecular complexity index is 1330. The molecule has 0 N–H and O–H groups in total. The van der Waals surface area contributed by atoms with E-state index in [-0.39, 0.29) is 17.4 Å². The third-order valence-electron chi connectivity index (χ3n) is 7.26. The van der Waals surface area contributed by atoms with Gasteiger partial charge in [0.25, 0.3) is 5.82 Å². The van der Waals surface area contributed by atoms with E-state index in [1.165, 1.54) is 33.8 Å². The van der Waals surface area contributed by atoms with Gasteiger partial charge in [-0.3, -0.25) is 0 Å². The number of para-hydroxylation sites is 1. The summed E-state index contributed by atoms with van der Waals surface area (Å²) >= 11 is 0. The minimum absolute atomic E-state index is 0.124. The molecule has 0 fully saturated rings. The van der Waals surface area contributed by atoms with Gasteiger partial charge >= 0.3 is 0 Å². The summed E-state index contributed by atoms with van der Waals surface area (Å²) in [6.45, 7) is 0. The topological polar surface area (TPSA) is 35.1 Å². The van der Waals surface area contributed by atoms with Gasteiger partial charge in [-0.15, -0.1) is 0 Å². The van der Waals surface area contributed by atoms with Crippen LogP contribution in [-0.4, -0.2) is 4.57 Å². The van der Waals surface area contributed by atoms with E-state index in [0.717, 1.165) is 6.42 Å². The molecule has 4 nitrogen and oxygen atoms in total. The van der Waals surface area contributed by atoms with Crippen molar-refractivity contribution in [2.45, 2.75) is 23.8 Å². The molecular weight excluding hydrogens is 384 g/mol. The van der Waals surface area contributed by atoms with Gasteiger partial charge in [-0.2, -0.15) is 4.57 Å². The van der Waals surface area contributed by atoms with Crippen molar-refractivity contribution in [3.05, 3.63) is 132 Å². The second-order valence-corrected chi connectivity index (χ2v) is 8.55. The highest BCUT2D eigenvalue weighted by Crippen LogP contribution is 2.59. The number of hydrogen-bond donors (Lipinski definition) is 0. The van der Waals surface area contributed by atoms with Crippen molar-refractivity contribution in [3.63, 3.8) is 0 Å². The number of nitrogens with zero attached hydrogens (tertiary/aromatic N) is 2. The lowest BCUT2D eigenvalue weighted by Gasteiger charge is -2.49. The van der Waals surface area contributed by atoms with Gasteiger partial charge in [0, 0.05) is 28.5 Å². The first-order valence-corrected chi connectivity index (χ1v) is 10.7. The zero-order valence-corrected chi connectivity index (χ0v) is 16.9. The van der Waals surface area contributed by atoms with Crippen molar-refractivity contribution in [1.82, 2.24) is 4.57 Å². The van der Waals surface area contributed by atoms with Gasteiger partial charge in [0.05, 0.1) is 25.1 Å². The molecule has 0 saturated heterocycles. The molecule has 31 heavy (non-hydrogen) atoms. The van der Waals surface area contributed by atoms with Crippen LogP contribution in [0.2, 0.25) is 0 Å². The van der Waals surface area contributed by atoms with E-state index in [1.807, 2.05) is 12.5 Å². The first-order chi connectivity index (χ1) is 15.4. The highest BCUT2D eigenvalue weighted by molar-refractivity contribution is 5.54. The van der Waals surface area contributed by atoms with Crippen LogP contribution in [0.15, 0.2) is 113 Å². The fourth-order valence-corrected chi connectivity index (χ4v) is 6.03. The van der Waals surface area contributed by atoms with E-state index in [9.17, 15) is 0 Å². The Balaban J connectivity index is 1.58. The molecule has 2 aliphatic heterocycles. The van der Waals surface area contributed by atoms with Gasteiger partial charge in [0.15, 0.2) is 0 Å². The Morgan fingerprint density at radius 3 is 2.16 bits per heavy atom. The van der Waals surface area contributed by atoms with Gasteiger partial charge in [-0.1, -0.05) is 42.5 Å². The van der Waals surface area contributed by atoms with Crippen molar-refractivity contribution >= 4 is 0 Å². The van der Waals surface area contributed by atoms with Gasteiger partial charge < -0.3 is 8.83 Å². The van der Waals surface area contributed by atoms with Crippen LogP contribution in [-0.2, 0) is 5.41 Å². The van der Waals surface area contributed by atoms with Gasteiger partial charge in [0.2, 0.25) is 0 Å². The standard InChI is InChI=1S/C27H21N2O2/c1-2-6-21(7-3-1)28-12-13-29-24-16-27(19-10-14-30-17-19,20-11-15-31-18-20)25(26(28)29)23-9-5-4-8-22(23)24/h1-15,17-18,24-25H,16H2/q+1. The quantitative estimate of drug-likeness (QED) is 0.378. The van der Waals surface area contributed by atoms with Gasteiger partial charge in [0.1, 0.15) is 30.0 Å². The summed E-state index contributed by atoms with van der Waals surface area (Å²) in [7, 11) is 0. The van der Waals surface area contributed by atoms with Crippen LogP contribution in [0.4, 0.5) is 0 Å². The first kappa shape index (κ1) is 16.9. The Hall–Kier alpha value is -3.79. The Morgan fingerprint density at radius 2 is 1.48 bits per heavy atom. The molecule has 2 bridgehead atoms. The highest BCUT2D eigenvalue weighted by Gasteiger charge is 2.60. The molecular formula is C27H21N2O2+. The molecule has 1 aliphatic carbocycles. The molecule has 4 heteroatoms. The largest absolute Gasteiger partial charge is 0.472 e. The van der Waals surface area contributed by atoms with E-state index in [4.69, 9.17) is 8.83 Å². The fourth-order valence-electron chi connectivity index (χ4n) is 6.03. The molecule has 0 saturated carbocycles. The molecule has 150 valence electrons. The number of furan rings is 2. The van der Waals surface area contributed by atoms with E-state index in [2.05, 4.69) is 88.3 Å². The zero-order valence-electron chi connectivity index (χ0n) is 16.9. The molecule has 0 spiro atoms.